The summed E-state index contributed by atoms with van der Waals surface area (Å²) in [5.41, 5.74) is 2.70. The maximum atomic E-state index is 6.36. The molecule has 1 saturated heterocycles. The van der Waals surface area contributed by atoms with Gasteiger partial charge in [0, 0.05) is 42.2 Å². The molecule has 132 valence electrons. The third-order valence-corrected chi connectivity index (χ3v) is 6.81. The van der Waals surface area contributed by atoms with Crippen molar-refractivity contribution in [3.8, 4) is 0 Å². The molecule has 4 rings (SSSR count). The number of fused-ring (bicyclic) bond motifs is 2. The predicted octanol–water partition coefficient (Wildman–Crippen LogP) is 5.07. The standard InChI is InChI=1S/C22H26INO/c1-25-22(18-9-6-12-21(23)13-18)19-10-5-11-20(22)16-24(15-19)14-17-7-3-2-4-8-17/h2-4,6-9,12-13,19-20H,5,10-11,14-16H2,1H3. The summed E-state index contributed by atoms with van der Waals surface area (Å²) in [6.45, 7) is 3.31. The van der Waals surface area contributed by atoms with Crippen LogP contribution in [0.4, 0.5) is 0 Å². The minimum absolute atomic E-state index is 0.105. The number of nitrogens with zero attached hydrogens (tertiary/aromatic N) is 1. The zero-order chi connectivity index (χ0) is 17.3. The van der Waals surface area contributed by atoms with Gasteiger partial charge in [0.15, 0.2) is 0 Å². The summed E-state index contributed by atoms with van der Waals surface area (Å²) < 4.78 is 7.66. The first-order valence-corrected chi connectivity index (χ1v) is 10.4. The van der Waals surface area contributed by atoms with Crippen LogP contribution in [0.2, 0.25) is 0 Å². The Kier molecular flexibility index (Phi) is 5.16. The fraction of sp³-hybridized carbons (Fsp3) is 0.455. The Labute approximate surface area is 164 Å². The Morgan fingerprint density at radius 1 is 1.04 bits per heavy atom. The van der Waals surface area contributed by atoms with Crippen molar-refractivity contribution in [1.29, 1.82) is 0 Å². The number of piperidine rings is 1. The monoisotopic (exact) mass is 447 g/mol. The van der Waals surface area contributed by atoms with E-state index in [9.17, 15) is 0 Å². The zero-order valence-electron chi connectivity index (χ0n) is 14.8. The number of rotatable bonds is 4. The molecule has 2 aromatic rings. The zero-order valence-corrected chi connectivity index (χ0v) is 17.0. The van der Waals surface area contributed by atoms with Crippen LogP contribution in [0.3, 0.4) is 0 Å². The lowest BCUT2D eigenvalue weighted by Gasteiger charge is -2.55. The van der Waals surface area contributed by atoms with Gasteiger partial charge in [0.05, 0.1) is 0 Å². The van der Waals surface area contributed by atoms with Crippen LogP contribution in [0.15, 0.2) is 54.6 Å². The van der Waals surface area contributed by atoms with Crippen LogP contribution in [-0.2, 0) is 16.9 Å². The summed E-state index contributed by atoms with van der Waals surface area (Å²) >= 11 is 2.42. The van der Waals surface area contributed by atoms with E-state index in [2.05, 4.69) is 82.1 Å². The van der Waals surface area contributed by atoms with Gasteiger partial charge in [0.1, 0.15) is 5.60 Å². The molecule has 0 aromatic heterocycles. The van der Waals surface area contributed by atoms with E-state index in [1.807, 2.05) is 7.11 Å². The maximum Gasteiger partial charge on any atom is 0.101 e. The van der Waals surface area contributed by atoms with Crippen LogP contribution in [-0.4, -0.2) is 25.1 Å². The SMILES string of the molecule is COC1(c2cccc(I)c2)C2CCCC1CN(Cc1ccccc1)C2. The second-order valence-electron chi connectivity index (χ2n) is 7.51. The first kappa shape index (κ1) is 17.5. The molecule has 0 radical (unpaired) electrons. The Morgan fingerprint density at radius 2 is 1.76 bits per heavy atom. The maximum absolute atomic E-state index is 6.36. The fourth-order valence-electron chi connectivity index (χ4n) is 5.15. The van der Waals surface area contributed by atoms with Crippen LogP contribution in [0.1, 0.15) is 30.4 Å². The van der Waals surface area contributed by atoms with Gasteiger partial charge in [-0.15, -0.1) is 0 Å². The summed E-state index contributed by atoms with van der Waals surface area (Å²) in [6.07, 6.45) is 3.87. The van der Waals surface area contributed by atoms with Gasteiger partial charge in [-0.1, -0.05) is 48.9 Å². The fourth-order valence-corrected chi connectivity index (χ4v) is 5.69. The van der Waals surface area contributed by atoms with Gasteiger partial charge in [0.25, 0.3) is 0 Å². The van der Waals surface area contributed by atoms with Crippen LogP contribution in [0.5, 0.6) is 0 Å². The molecule has 2 unspecified atom stereocenters. The van der Waals surface area contributed by atoms with Crippen molar-refractivity contribution in [3.05, 3.63) is 69.3 Å². The van der Waals surface area contributed by atoms with Crippen molar-refractivity contribution in [2.45, 2.75) is 31.4 Å². The van der Waals surface area contributed by atoms with E-state index in [-0.39, 0.29) is 5.60 Å². The van der Waals surface area contributed by atoms with Crippen molar-refractivity contribution in [1.82, 2.24) is 4.90 Å². The molecule has 1 heterocycles. The molecule has 25 heavy (non-hydrogen) atoms. The van der Waals surface area contributed by atoms with E-state index < -0.39 is 0 Å². The normalized spacial score (nSPS) is 29.5. The second kappa shape index (κ2) is 7.37. The number of likely N-dealkylation sites (tertiary alicyclic amines) is 1. The van der Waals surface area contributed by atoms with Crippen molar-refractivity contribution in [3.63, 3.8) is 0 Å². The van der Waals surface area contributed by atoms with Crippen molar-refractivity contribution in [2.24, 2.45) is 11.8 Å². The van der Waals surface area contributed by atoms with E-state index in [0.717, 1.165) is 19.6 Å². The number of ether oxygens (including phenoxy) is 1. The van der Waals surface area contributed by atoms with Gasteiger partial charge in [-0.05, 0) is 58.7 Å². The molecule has 0 spiro atoms. The van der Waals surface area contributed by atoms with Gasteiger partial charge in [0.2, 0.25) is 0 Å². The molecule has 0 N–H and O–H groups in total. The lowest BCUT2D eigenvalue weighted by molar-refractivity contribution is -0.170. The Balaban J connectivity index is 1.63. The Hall–Kier alpha value is -0.910. The topological polar surface area (TPSA) is 12.5 Å². The summed E-state index contributed by atoms with van der Waals surface area (Å²) in [6, 6.07) is 19.9. The van der Waals surface area contributed by atoms with Gasteiger partial charge < -0.3 is 4.74 Å². The highest BCUT2D eigenvalue weighted by Gasteiger charge is 2.53. The Bertz CT molecular complexity index is 703. The Morgan fingerprint density at radius 3 is 2.40 bits per heavy atom. The average Bonchev–Trinajstić information content (AvgIpc) is 2.62. The molecule has 1 aliphatic heterocycles. The van der Waals surface area contributed by atoms with Crippen LogP contribution in [0, 0.1) is 15.4 Å². The van der Waals surface area contributed by atoms with E-state index in [1.54, 1.807) is 0 Å². The quantitative estimate of drug-likeness (QED) is 0.608. The average molecular weight is 447 g/mol. The first-order valence-electron chi connectivity index (χ1n) is 9.30. The largest absolute Gasteiger partial charge is 0.373 e. The smallest absolute Gasteiger partial charge is 0.101 e. The highest BCUT2D eigenvalue weighted by atomic mass is 127. The molecule has 2 aromatic carbocycles. The molecule has 0 amide bonds. The number of halogens is 1. The van der Waals surface area contributed by atoms with Gasteiger partial charge in [-0.3, -0.25) is 4.90 Å². The molecular formula is C22H26INO. The molecule has 2 bridgehead atoms. The van der Waals surface area contributed by atoms with E-state index >= 15 is 0 Å². The number of methoxy groups -OCH3 is 1. The number of benzene rings is 2. The highest BCUT2D eigenvalue weighted by molar-refractivity contribution is 14.1. The summed E-state index contributed by atoms with van der Waals surface area (Å²) in [4.78, 5) is 2.65. The van der Waals surface area contributed by atoms with Crippen LogP contribution >= 0.6 is 22.6 Å². The molecular weight excluding hydrogens is 421 g/mol. The van der Waals surface area contributed by atoms with Gasteiger partial charge in [-0.25, -0.2) is 0 Å². The van der Waals surface area contributed by atoms with E-state index in [1.165, 1.54) is 34.0 Å². The van der Waals surface area contributed by atoms with E-state index in [0.29, 0.717) is 11.8 Å². The first-order chi connectivity index (χ1) is 12.2. The molecule has 1 saturated carbocycles. The molecule has 2 aliphatic rings. The third kappa shape index (κ3) is 3.26. The highest BCUT2D eigenvalue weighted by Crippen LogP contribution is 2.51. The van der Waals surface area contributed by atoms with Gasteiger partial charge in [-0.2, -0.15) is 0 Å². The molecule has 2 atom stereocenters. The van der Waals surface area contributed by atoms with Crippen LogP contribution < -0.4 is 0 Å². The lowest BCUT2D eigenvalue weighted by Crippen LogP contribution is -2.58. The van der Waals surface area contributed by atoms with Crippen molar-refractivity contribution < 1.29 is 4.74 Å². The molecule has 2 nitrogen and oxygen atoms in total. The summed E-state index contributed by atoms with van der Waals surface area (Å²) in [5.74, 6) is 1.15. The van der Waals surface area contributed by atoms with E-state index in [4.69, 9.17) is 4.74 Å². The third-order valence-electron chi connectivity index (χ3n) is 6.14. The molecule has 2 fully saturated rings. The lowest BCUT2D eigenvalue weighted by atomic mass is 9.62. The minimum atomic E-state index is -0.105. The summed E-state index contributed by atoms with van der Waals surface area (Å²) in [7, 11) is 1.93. The molecule has 3 heteroatoms. The van der Waals surface area contributed by atoms with Gasteiger partial charge >= 0.3 is 0 Å². The molecule has 1 aliphatic carbocycles. The second-order valence-corrected chi connectivity index (χ2v) is 8.76. The summed E-state index contributed by atoms with van der Waals surface area (Å²) in [5, 5.41) is 0. The number of hydrogen-bond acceptors (Lipinski definition) is 2. The van der Waals surface area contributed by atoms with Crippen molar-refractivity contribution in [2.75, 3.05) is 20.2 Å². The predicted molar refractivity (Wildman–Crippen MR) is 110 cm³/mol. The van der Waals surface area contributed by atoms with Crippen LogP contribution in [0.25, 0.3) is 0 Å². The number of hydrogen-bond donors (Lipinski definition) is 0. The minimum Gasteiger partial charge on any atom is -0.373 e. The van der Waals surface area contributed by atoms with Crippen molar-refractivity contribution >= 4 is 22.6 Å².